The van der Waals surface area contributed by atoms with Gasteiger partial charge in [0, 0.05) is 13.1 Å². The van der Waals surface area contributed by atoms with Gasteiger partial charge in [0.2, 0.25) is 0 Å². The maximum absolute atomic E-state index is 12.4. The van der Waals surface area contributed by atoms with Crippen molar-refractivity contribution in [3.05, 3.63) is 29.8 Å². The van der Waals surface area contributed by atoms with E-state index in [-0.39, 0.29) is 24.0 Å². The Bertz CT molecular complexity index is 947. The Morgan fingerprint density at radius 2 is 2.07 bits per heavy atom. The SMILES string of the molecule is CC1CN(C(=O)OC(C)(C)C)CC=C1c1ccc2c(c1)N1C(=NNC(=O)C1C)CO2. The van der Waals surface area contributed by atoms with Crippen molar-refractivity contribution in [2.75, 3.05) is 24.6 Å². The summed E-state index contributed by atoms with van der Waals surface area (Å²) in [7, 11) is 0. The second-order valence-electron chi connectivity index (χ2n) is 8.97. The third-order valence-electron chi connectivity index (χ3n) is 5.46. The van der Waals surface area contributed by atoms with Gasteiger partial charge in [-0.05, 0) is 56.9 Å². The molecule has 1 aromatic rings. The zero-order valence-corrected chi connectivity index (χ0v) is 18.1. The number of nitrogens with one attached hydrogen (secondary N) is 1. The number of hydrogen-bond acceptors (Lipinski definition) is 6. The molecule has 8 nitrogen and oxygen atoms in total. The Morgan fingerprint density at radius 3 is 2.77 bits per heavy atom. The summed E-state index contributed by atoms with van der Waals surface area (Å²) in [6.07, 6.45) is 1.78. The minimum atomic E-state index is -0.514. The zero-order valence-electron chi connectivity index (χ0n) is 18.1. The van der Waals surface area contributed by atoms with Crippen molar-refractivity contribution in [2.24, 2.45) is 11.0 Å². The van der Waals surface area contributed by atoms with Gasteiger partial charge in [-0.2, -0.15) is 5.10 Å². The van der Waals surface area contributed by atoms with Crippen molar-refractivity contribution >= 4 is 29.1 Å². The Hall–Kier alpha value is -3.03. The van der Waals surface area contributed by atoms with Gasteiger partial charge in [0.25, 0.3) is 5.91 Å². The van der Waals surface area contributed by atoms with Crippen LogP contribution in [0.3, 0.4) is 0 Å². The van der Waals surface area contributed by atoms with Crippen LogP contribution in [0.25, 0.3) is 5.57 Å². The Balaban J connectivity index is 1.60. The summed E-state index contributed by atoms with van der Waals surface area (Å²) in [4.78, 5) is 28.2. The van der Waals surface area contributed by atoms with Crippen molar-refractivity contribution in [1.29, 1.82) is 0 Å². The highest BCUT2D eigenvalue weighted by atomic mass is 16.6. The molecule has 0 saturated carbocycles. The molecule has 0 bridgehead atoms. The molecule has 2 unspecified atom stereocenters. The molecule has 160 valence electrons. The van der Waals surface area contributed by atoms with E-state index in [1.54, 1.807) is 4.90 Å². The number of benzene rings is 1. The van der Waals surface area contributed by atoms with Gasteiger partial charge < -0.3 is 19.3 Å². The maximum Gasteiger partial charge on any atom is 0.410 e. The standard InChI is InChI=1S/C22H28N4O4/c1-13-11-25(21(28)30-22(3,4)5)9-8-16(13)15-6-7-18-17(10-15)26-14(2)20(27)24-23-19(26)12-29-18/h6-8,10,13-14H,9,11-12H2,1-5H3,(H,24,27). The number of fused-ring (bicyclic) bond motifs is 3. The van der Waals surface area contributed by atoms with Gasteiger partial charge >= 0.3 is 6.09 Å². The Morgan fingerprint density at radius 1 is 1.30 bits per heavy atom. The summed E-state index contributed by atoms with van der Waals surface area (Å²) in [5.41, 5.74) is 5.08. The number of amidine groups is 1. The van der Waals surface area contributed by atoms with Crippen LogP contribution in [-0.2, 0) is 9.53 Å². The molecule has 1 N–H and O–H groups in total. The summed E-state index contributed by atoms with van der Waals surface area (Å²) >= 11 is 0. The first-order chi connectivity index (χ1) is 14.1. The Labute approximate surface area is 176 Å². The minimum absolute atomic E-state index is 0.143. The number of hydrogen-bond donors (Lipinski definition) is 1. The fourth-order valence-corrected chi connectivity index (χ4v) is 4.00. The summed E-state index contributed by atoms with van der Waals surface area (Å²) < 4.78 is 11.3. The highest BCUT2D eigenvalue weighted by Gasteiger charge is 2.35. The van der Waals surface area contributed by atoms with Crippen molar-refractivity contribution < 1.29 is 19.1 Å². The van der Waals surface area contributed by atoms with Gasteiger partial charge in [0.05, 0.1) is 5.69 Å². The lowest BCUT2D eigenvalue weighted by molar-refractivity contribution is -0.122. The molecule has 1 aromatic carbocycles. The maximum atomic E-state index is 12.4. The number of hydrazone groups is 1. The van der Waals surface area contributed by atoms with E-state index in [0.717, 1.165) is 22.6 Å². The number of amides is 2. The lowest BCUT2D eigenvalue weighted by Gasteiger charge is -2.38. The third kappa shape index (κ3) is 3.74. The molecule has 3 aliphatic rings. The first-order valence-electron chi connectivity index (χ1n) is 10.2. The van der Waals surface area contributed by atoms with E-state index < -0.39 is 5.60 Å². The summed E-state index contributed by atoms with van der Waals surface area (Å²) in [6, 6.07) is 5.65. The second-order valence-corrected chi connectivity index (χ2v) is 8.97. The van der Waals surface area contributed by atoms with Crippen LogP contribution in [0.1, 0.15) is 40.2 Å². The lowest BCUT2D eigenvalue weighted by Crippen LogP contribution is -2.55. The molecular formula is C22H28N4O4. The van der Waals surface area contributed by atoms with E-state index in [4.69, 9.17) is 9.47 Å². The van der Waals surface area contributed by atoms with Crippen molar-refractivity contribution in [3.8, 4) is 5.75 Å². The summed E-state index contributed by atoms with van der Waals surface area (Å²) in [6.45, 7) is 11.0. The average molecular weight is 412 g/mol. The molecule has 0 saturated heterocycles. The molecule has 2 atom stereocenters. The van der Waals surface area contributed by atoms with Gasteiger partial charge in [-0.1, -0.05) is 19.1 Å². The predicted octanol–water partition coefficient (Wildman–Crippen LogP) is 2.99. The number of nitrogens with zero attached hydrogens (tertiary/aromatic N) is 3. The van der Waals surface area contributed by atoms with Crippen LogP contribution in [0.5, 0.6) is 5.75 Å². The normalized spacial score (nSPS) is 23.4. The van der Waals surface area contributed by atoms with E-state index in [1.165, 1.54) is 0 Å². The first-order valence-corrected chi connectivity index (χ1v) is 10.2. The van der Waals surface area contributed by atoms with Gasteiger partial charge in [-0.15, -0.1) is 0 Å². The molecule has 0 spiro atoms. The van der Waals surface area contributed by atoms with E-state index in [9.17, 15) is 9.59 Å². The molecule has 3 heterocycles. The number of carbonyl (C=O) groups excluding carboxylic acids is 2. The molecule has 30 heavy (non-hydrogen) atoms. The molecular weight excluding hydrogens is 384 g/mol. The van der Waals surface area contributed by atoms with Crippen LogP contribution < -0.4 is 15.1 Å². The number of anilines is 1. The van der Waals surface area contributed by atoms with Crippen molar-refractivity contribution in [1.82, 2.24) is 10.3 Å². The first kappa shape index (κ1) is 20.3. The van der Waals surface area contributed by atoms with E-state index in [0.29, 0.717) is 25.5 Å². The molecule has 0 fully saturated rings. The van der Waals surface area contributed by atoms with Crippen LogP contribution in [0.4, 0.5) is 10.5 Å². The summed E-state index contributed by atoms with van der Waals surface area (Å²) in [5, 5.41) is 4.14. The number of ether oxygens (including phenoxy) is 2. The highest BCUT2D eigenvalue weighted by molar-refractivity contribution is 6.09. The molecule has 2 amide bonds. The second kappa shape index (κ2) is 7.34. The van der Waals surface area contributed by atoms with Crippen LogP contribution in [-0.4, -0.2) is 54.1 Å². The van der Waals surface area contributed by atoms with Crippen molar-refractivity contribution in [3.63, 3.8) is 0 Å². The largest absolute Gasteiger partial charge is 0.483 e. The lowest BCUT2D eigenvalue weighted by atomic mass is 9.90. The van der Waals surface area contributed by atoms with Gasteiger partial charge in [0.1, 0.15) is 24.0 Å². The van der Waals surface area contributed by atoms with Crippen molar-refractivity contribution in [2.45, 2.75) is 46.3 Å². The smallest absolute Gasteiger partial charge is 0.410 e. The van der Waals surface area contributed by atoms with Gasteiger partial charge in [-0.3, -0.25) is 4.79 Å². The van der Waals surface area contributed by atoms with Crippen LogP contribution >= 0.6 is 0 Å². The number of carbonyl (C=O) groups is 2. The average Bonchev–Trinajstić information content (AvgIpc) is 2.68. The third-order valence-corrected chi connectivity index (χ3v) is 5.46. The molecule has 0 radical (unpaired) electrons. The quantitative estimate of drug-likeness (QED) is 0.767. The molecule has 3 aliphatic heterocycles. The monoisotopic (exact) mass is 412 g/mol. The molecule has 0 aliphatic carbocycles. The molecule has 0 aromatic heterocycles. The van der Waals surface area contributed by atoms with E-state index >= 15 is 0 Å². The van der Waals surface area contributed by atoms with Crippen LogP contribution in [0, 0.1) is 5.92 Å². The molecule has 8 heteroatoms. The fraction of sp³-hybridized carbons (Fsp3) is 0.500. The zero-order chi connectivity index (χ0) is 21.6. The highest BCUT2D eigenvalue weighted by Crippen LogP contribution is 2.39. The topological polar surface area (TPSA) is 83.5 Å². The number of rotatable bonds is 1. The summed E-state index contributed by atoms with van der Waals surface area (Å²) in [5.74, 6) is 1.42. The molecule has 4 rings (SSSR count). The fourth-order valence-electron chi connectivity index (χ4n) is 4.00. The Kier molecular flexibility index (Phi) is 4.95. The van der Waals surface area contributed by atoms with E-state index in [1.807, 2.05) is 50.8 Å². The van der Waals surface area contributed by atoms with E-state index in [2.05, 4.69) is 23.5 Å². The predicted molar refractivity (Wildman–Crippen MR) is 114 cm³/mol. The van der Waals surface area contributed by atoms with Gasteiger partial charge in [-0.25, -0.2) is 10.2 Å². The van der Waals surface area contributed by atoms with Crippen LogP contribution in [0.2, 0.25) is 0 Å². The van der Waals surface area contributed by atoms with Gasteiger partial charge in [0.15, 0.2) is 5.84 Å². The minimum Gasteiger partial charge on any atom is -0.483 e. The van der Waals surface area contributed by atoms with Crippen LogP contribution in [0.15, 0.2) is 29.4 Å².